The van der Waals surface area contributed by atoms with E-state index in [-0.39, 0.29) is 5.41 Å². The van der Waals surface area contributed by atoms with Crippen molar-refractivity contribution in [3.05, 3.63) is 181 Å². The summed E-state index contributed by atoms with van der Waals surface area (Å²) in [6.07, 6.45) is 3.72. The zero-order valence-electron chi connectivity index (χ0n) is 28.5. The van der Waals surface area contributed by atoms with Crippen molar-refractivity contribution in [2.24, 2.45) is 0 Å². The third kappa shape index (κ3) is 5.61. The van der Waals surface area contributed by atoms with Gasteiger partial charge in [-0.25, -0.2) is 15.0 Å². The Bertz CT molecular complexity index is 2520. The molecule has 0 saturated carbocycles. The van der Waals surface area contributed by atoms with Crippen LogP contribution in [-0.2, 0) is 5.41 Å². The number of pyridine rings is 1. The van der Waals surface area contributed by atoms with E-state index in [1.165, 1.54) is 27.8 Å². The predicted octanol–water partition coefficient (Wildman–Crippen LogP) is 11.6. The van der Waals surface area contributed by atoms with Gasteiger partial charge in [-0.3, -0.25) is 4.98 Å². The van der Waals surface area contributed by atoms with Crippen molar-refractivity contribution in [1.29, 1.82) is 0 Å². The number of hydrogen-bond donors (Lipinski definition) is 0. The van der Waals surface area contributed by atoms with Gasteiger partial charge in [0.05, 0.1) is 0 Å². The van der Waals surface area contributed by atoms with Crippen LogP contribution in [0.4, 0.5) is 0 Å². The summed E-state index contributed by atoms with van der Waals surface area (Å²) >= 11 is 0. The summed E-state index contributed by atoms with van der Waals surface area (Å²) in [5, 5.41) is 0. The lowest BCUT2D eigenvalue weighted by Crippen LogP contribution is -2.14. The Kier molecular flexibility index (Phi) is 7.44. The highest BCUT2D eigenvalue weighted by Gasteiger charge is 2.35. The molecule has 6 aromatic carbocycles. The van der Waals surface area contributed by atoms with Gasteiger partial charge in [-0.1, -0.05) is 141 Å². The molecule has 51 heavy (non-hydrogen) atoms. The van der Waals surface area contributed by atoms with Crippen molar-refractivity contribution in [3.8, 4) is 78.7 Å². The molecule has 2 aromatic heterocycles. The predicted molar refractivity (Wildman–Crippen MR) is 208 cm³/mol. The summed E-state index contributed by atoms with van der Waals surface area (Å²) in [6, 6.07) is 55.3. The molecule has 1 aliphatic carbocycles. The molecule has 0 N–H and O–H groups in total. The van der Waals surface area contributed by atoms with Crippen LogP contribution in [-0.4, -0.2) is 19.9 Å². The first-order valence-electron chi connectivity index (χ1n) is 17.3. The second kappa shape index (κ2) is 12.4. The zero-order valence-corrected chi connectivity index (χ0v) is 28.5. The van der Waals surface area contributed by atoms with E-state index >= 15 is 0 Å². The third-order valence-electron chi connectivity index (χ3n) is 10.0. The topological polar surface area (TPSA) is 51.6 Å². The van der Waals surface area contributed by atoms with Crippen molar-refractivity contribution in [2.75, 3.05) is 0 Å². The van der Waals surface area contributed by atoms with E-state index in [0.29, 0.717) is 17.5 Å². The largest absolute Gasteiger partial charge is 0.264 e. The lowest BCUT2D eigenvalue weighted by Gasteiger charge is -2.21. The Hall–Kier alpha value is -6.52. The fraction of sp³-hybridized carbons (Fsp3) is 0.0638. The maximum absolute atomic E-state index is 5.14. The summed E-state index contributed by atoms with van der Waals surface area (Å²) in [6.45, 7) is 4.63. The normalized spacial score (nSPS) is 12.7. The minimum absolute atomic E-state index is 0.0540. The molecule has 8 aromatic rings. The Morgan fingerprint density at radius 2 is 0.843 bits per heavy atom. The summed E-state index contributed by atoms with van der Waals surface area (Å²) in [4.78, 5) is 19.7. The molecule has 0 saturated heterocycles. The number of hydrogen-bond acceptors (Lipinski definition) is 4. The van der Waals surface area contributed by atoms with Gasteiger partial charge in [-0.2, -0.15) is 0 Å². The Balaban J connectivity index is 1.21. The molecule has 4 nitrogen and oxygen atoms in total. The molecule has 0 aliphatic heterocycles. The Morgan fingerprint density at radius 1 is 0.353 bits per heavy atom. The maximum atomic E-state index is 5.14. The lowest BCUT2D eigenvalue weighted by atomic mass is 9.82. The first kappa shape index (κ1) is 30.5. The van der Waals surface area contributed by atoms with E-state index in [2.05, 4.69) is 134 Å². The highest BCUT2D eigenvalue weighted by Crippen LogP contribution is 2.49. The van der Waals surface area contributed by atoms with Crippen LogP contribution in [0, 0.1) is 0 Å². The van der Waals surface area contributed by atoms with Gasteiger partial charge in [-0.15, -0.1) is 0 Å². The van der Waals surface area contributed by atoms with Crippen molar-refractivity contribution in [2.45, 2.75) is 19.3 Å². The maximum Gasteiger partial charge on any atom is 0.164 e. The SMILES string of the molecule is CC1(C)c2ccccc2-c2cc(-c3cc(-c4cccnc4)cc(-c4nc(-c5ccccc5)nc(-c5ccc(-c6ccccc6)cc5)n4)c3)ccc21. The molecular weight excluding hydrogens is 621 g/mol. The molecule has 0 bridgehead atoms. The van der Waals surface area contributed by atoms with Crippen molar-refractivity contribution < 1.29 is 0 Å². The molecule has 2 heterocycles. The van der Waals surface area contributed by atoms with Crippen LogP contribution in [0.2, 0.25) is 0 Å². The van der Waals surface area contributed by atoms with Crippen LogP contribution in [0.15, 0.2) is 170 Å². The second-order valence-electron chi connectivity index (χ2n) is 13.6. The first-order valence-corrected chi connectivity index (χ1v) is 17.3. The van der Waals surface area contributed by atoms with Crippen molar-refractivity contribution in [3.63, 3.8) is 0 Å². The molecule has 0 atom stereocenters. The van der Waals surface area contributed by atoms with Gasteiger partial charge in [0.2, 0.25) is 0 Å². The highest BCUT2D eigenvalue weighted by atomic mass is 15.0. The molecule has 4 heteroatoms. The summed E-state index contributed by atoms with van der Waals surface area (Å²) in [5.41, 5.74) is 14.7. The molecule has 242 valence electrons. The van der Waals surface area contributed by atoms with Crippen LogP contribution in [0.1, 0.15) is 25.0 Å². The van der Waals surface area contributed by atoms with E-state index in [1.54, 1.807) is 6.20 Å². The van der Waals surface area contributed by atoms with E-state index in [1.807, 2.05) is 48.7 Å². The van der Waals surface area contributed by atoms with Crippen LogP contribution in [0.3, 0.4) is 0 Å². The third-order valence-corrected chi connectivity index (χ3v) is 10.0. The average molecular weight is 655 g/mol. The van der Waals surface area contributed by atoms with Crippen molar-refractivity contribution in [1.82, 2.24) is 19.9 Å². The van der Waals surface area contributed by atoms with Crippen molar-refractivity contribution >= 4 is 0 Å². The Morgan fingerprint density at radius 3 is 1.53 bits per heavy atom. The molecule has 0 fully saturated rings. The molecule has 0 spiro atoms. The quantitative estimate of drug-likeness (QED) is 0.179. The molecule has 1 aliphatic rings. The van der Waals surface area contributed by atoms with Gasteiger partial charge in [0.1, 0.15) is 0 Å². The van der Waals surface area contributed by atoms with Crippen LogP contribution in [0.25, 0.3) is 78.7 Å². The lowest BCUT2D eigenvalue weighted by molar-refractivity contribution is 0.660. The standard InChI is InChI=1S/C47H34N4/c1-47(2)42-18-10-9-17-40(42)41-29-35(23-24-43(41)47)37-26-38(36-16-11-25-48-30-36)28-39(27-37)46-50-44(33-14-7-4-8-15-33)49-45(51-46)34-21-19-32(20-22-34)31-12-5-3-6-13-31/h3-30H,1-2H3. The van der Waals surface area contributed by atoms with E-state index in [9.17, 15) is 0 Å². The molecule has 0 radical (unpaired) electrons. The van der Waals surface area contributed by atoms with Gasteiger partial charge in [0.25, 0.3) is 0 Å². The fourth-order valence-electron chi connectivity index (χ4n) is 7.32. The van der Waals surface area contributed by atoms with Gasteiger partial charge in [0.15, 0.2) is 17.5 Å². The monoisotopic (exact) mass is 654 g/mol. The zero-order chi connectivity index (χ0) is 34.4. The molecule has 0 unspecified atom stereocenters. The number of rotatable bonds is 6. The van der Waals surface area contributed by atoms with Crippen LogP contribution in [0.5, 0.6) is 0 Å². The second-order valence-corrected chi connectivity index (χ2v) is 13.6. The number of aromatic nitrogens is 4. The number of fused-ring (bicyclic) bond motifs is 3. The number of nitrogens with zero attached hydrogens (tertiary/aromatic N) is 4. The fourth-order valence-corrected chi connectivity index (χ4v) is 7.32. The summed E-state index contributed by atoms with van der Waals surface area (Å²) in [7, 11) is 0. The van der Waals surface area contributed by atoms with Gasteiger partial charge in [-0.05, 0) is 80.4 Å². The van der Waals surface area contributed by atoms with Gasteiger partial charge >= 0.3 is 0 Å². The van der Waals surface area contributed by atoms with E-state index in [4.69, 9.17) is 15.0 Å². The minimum Gasteiger partial charge on any atom is -0.264 e. The summed E-state index contributed by atoms with van der Waals surface area (Å²) < 4.78 is 0. The van der Waals surface area contributed by atoms with Gasteiger partial charge < -0.3 is 0 Å². The Labute approximate surface area is 298 Å². The molecular formula is C47H34N4. The first-order chi connectivity index (χ1) is 25.0. The minimum atomic E-state index is -0.0540. The van der Waals surface area contributed by atoms with E-state index in [0.717, 1.165) is 44.5 Å². The number of benzene rings is 6. The smallest absolute Gasteiger partial charge is 0.164 e. The highest BCUT2D eigenvalue weighted by molar-refractivity contribution is 5.87. The summed E-state index contributed by atoms with van der Waals surface area (Å²) in [5.74, 6) is 1.88. The van der Waals surface area contributed by atoms with Crippen LogP contribution < -0.4 is 0 Å². The molecule has 9 rings (SSSR count). The average Bonchev–Trinajstić information content (AvgIpc) is 3.44. The van der Waals surface area contributed by atoms with Gasteiger partial charge in [0, 0.05) is 40.1 Å². The molecule has 0 amide bonds. The van der Waals surface area contributed by atoms with E-state index < -0.39 is 0 Å². The van der Waals surface area contributed by atoms with Crippen LogP contribution >= 0.6 is 0 Å².